The maximum Gasteiger partial charge on any atom is 0.128 e. The molecule has 0 N–H and O–H groups in total. The minimum absolute atomic E-state index is 0.422. The molecule has 2 rings (SSSR count). The minimum Gasteiger partial charge on any atom is -0.356 e. The first kappa shape index (κ1) is 10.9. The van der Waals surface area contributed by atoms with E-state index in [1.807, 2.05) is 12.3 Å². The van der Waals surface area contributed by atoms with Gasteiger partial charge in [0, 0.05) is 23.8 Å². The van der Waals surface area contributed by atoms with Crippen LogP contribution in [0.2, 0.25) is 0 Å². The maximum absolute atomic E-state index is 4.40. The fourth-order valence-electron chi connectivity index (χ4n) is 1.77. The maximum atomic E-state index is 4.40. The summed E-state index contributed by atoms with van der Waals surface area (Å²) in [5, 5.41) is 0. The third-order valence-corrected chi connectivity index (χ3v) is 3.61. The van der Waals surface area contributed by atoms with Gasteiger partial charge in [0.1, 0.15) is 5.82 Å². The smallest absolute Gasteiger partial charge is 0.128 e. The Morgan fingerprint density at radius 3 is 2.47 bits per heavy atom. The number of rotatable bonds is 1. The molecule has 0 spiro atoms. The van der Waals surface area contributed by atoms with E-state index < -0.39 is 0 Å². The highest BCUT2D eigenvalue weighted by atomic mass is 79.9. The van der Waals surface area contributed by atoms with E-state index in [4.69, 9.17) is 0 Å². The van der Waals surface area contributed by atoms with Crippen LogP contribution in [-0.4, -0.2) is 18.1 Å². The van der Waals surface area contributed by atoms with Gasteiger partial charge >= 0.3 is 0 Å². The molecule has 0 radical (unpaired) electrons. The van der Waals surface area contributed by atoms with Gasteiger partial charge in [-0.2, -0.15) is 0 Å². The molecule has 82 valence electrons. The van der Waals surface area contributed by atoms with E-state index >= 15 is 0 Å². The molecular weight excluding hydrogens is 252 g/mol. The van der Waals surface area contributed by atoms with Crippen molar-refractivity contribution in [2.75, 3.05) is 18.0 Å². The highest BCUT2D eigenvalue weighted by molar-refractivity contribution is 9.10. The van der Waals surface area contributed by atoms with Crippen LogP contribution in [-0.2, 0) is 0 Å². The van der Waals surface area contributed by atoms with E-state index in [0.717, 1.165) is 29.3 Å². The number of nitrogens with zero attached hydrogens (tertiary/aromatic N) is 2. The second-order valence-electron chi connectivity index (χ2n) is 5.30. The Hall–Kier alpha value is -0.570. The van der Waals surface area contributed by atoms with Crippen molar-refractivity contribution in [3.8, 4) is 0 Å². The molecule has 1 aliphatic rings. The number of hydrogen-bond donors (Lipinski definition) is 0. The van der Waals surface area contributed by atoms with Crippen LogP contribution in [0.5, 0.6) is 0 Å². The molecule has 0 unspecified atom stereocenters. The number of anilines is 1. The standard InChI is InChI=1S/C12H17BrN2/c1-12(2,3)9-7-15(8-9)11-5-4-10(13)6-14-11/h4-6,9H,7-8H2,1-3H3. The molecule has 0 atom stereocenters. The van der Waals surface area contributed by atoms with Crippen molar-refractivity contribution < 1.29 is 0 Å². The lowest BCUT2D eigenvalue weighted by Crippen LogP contribution is -2.52. The van der Waals surface area contributed by atoms with Crippen LogP contribution in [0, 0.1) is 11.3 Å². The SMILES string of the molecule is CC(C)(C)C1CN(c2ccc(Br)cn2)C1. The van der Waals surface area contributed by atoms with Gasteiger partial charge < -0.3 is 4.90 Å². The van der Waals surface area contributed by atoms with Crippen molar-refractivity contribution in [1.82, 2.24) is 4.98 Å². The Labute approximate surface area is 99.8 Å². The van der Waals surface area contributed by atoms with Gasteiger partial charge in [-0.1, -0.05) is 20.8 Å². The summed E-state index contributed by atoms with van der Waals surface area (Å²) in [5.74, 6) is 1.89. The van der Waals surface area contributed by atoms with Crippen LogP contribution in [0.15, 0.2) is 22.8 Å². The van der Waals surface area contributed by atoms with Gasteiger partial charge in [-0.25, -0.2) is 4.98 Å². The Morgan fingerprint density at radius 1 is 1.33 bits per heavy atom. The Morgan fingerprint density at radius 2 is 2.00 bits per heavy atom. The molecule has 3 heteroatoms. The Balaban J connectivity index is 1.98. The van der Waals surface area contributed by atoms with Crippen molar-refractivity contribution in [2.24, 2.45) is 11.3 Å². The summed E-state index contributed by atoms with van der Waals surface area (Å²) >= 11 is 3.40. The second kappa shape index (κ2) is 3.78. The summed E-state index contributed by atoms with van der Waals surface area (Å²) in [7, 11) is 0. The second-order valence-corrected chi connectivity index (χ2v) is 6.22. The highest BCUT2D eigenvalue weighted by Gasteiger charge is 2.36. The van der Waals surface area contributed by atoms with Crippen molar-refractivity contribution in [3.63, 3.8) is 0 Å². The number of hydrogen-bond acceptors (Lipinski definition) is 2. The average Bonchev–Trinajstić information content (AvgIpc) is 2.03. The Kier molecular flexibility index (Phi) is 2.75. The normalized spacial score (nSPS) is 17.7. The van der Waals surface area contributed by atoms with E-state index in [1.165, 1.54) is 0 Å². The lowest BCUT2D eigenvalue weighted by Gasteiger charge is -2.47. The lowest BCUT2D eigenvalue weighted by molar-refractivity contribution is 0.194. The monoisotopic (exact) mass is 268 g/mol. The summed E-state index contributed by atoms with van der Waals surface area (Å²) in [6.07, 6.45) is 1.86. The molecule has 0 bridgehead atoms. The fourth-order valence-corrected chi connectivity index (χ4v) is 2.00. The van der Waals surface area contributed by atoms with Crippen LogP contribution in [0.1, 0.15) is 20.8 Å². The molecule has 1 aromatic rings. The number of aromatic nitrogens is 1. The van der Waals surface area contributed by atoms with Gasteiger partial charge in [0.2, 0.25) is 0 Å². The first-order chi connectivity index (χ1) is 6.97. The van der Waals surface area contributed by atoms with Crippen molar-refractivity contribution in [3.05, 3.63) is 22.8 Å². The molecule has 1 aliphatic heterocycles. The van der Waals surface area contributed by atoms with Crippen molar-refractivity contribution in [2.45, 2.75) is 20.8 Å². The molecule has 1 fully saturated rings. The van der Waals surface area contributed by atoms with Crippen LogP contribution >= 0.6 is 15.9 Å². The van der Waals surface area contributed by atoms with Crippen LogP contribution in [0.25, 0.3) is 0 Å². The van der Waals surface area contributed by atoms with E-state index in [-0.39, 0.29) is 0 Å². The number of pyridine rings is 1. The van der Waals surface area contributed by atoms with Gasteiger partial charge in [0.05, 0.1) is 0 Å². The zero-order valence-electron chi connectivity index (χ0n) is 9.50. The molecule has 0 aromatic carbocycles. The van der Waals surface area contributed by atoms with Gasteiger partial charge in [-0.3, -0.25) is 0 Å². The number of halogens is 1. The van der Waals surface area contributed by atoms with E-state index in [2.05, 4.69) is 52.7 Å². The first-order valence-corrected chi connectivity index (χ1v) is 6.12. The predicted octanol–water partition coefficient (Wildman–Crippen LogP) is 3.33. The quantitative estimate of drug-likeness (QED) is 0.777. The molecule has 1 saturated heterocycles. The zero-order chi connectivity index (χ0) is 11.1. The van der Waals surface area contributed by atoms with Crippen LogP contribution in [0.4, 0.5) is 5.82 Å². The predicted molar refractivity (Wildman–Crippen MR) is 67.1 cm³/mol. The average molecular weight is 269 g/mol. The summed E-state index contributed by atoms with van der Waals surface area (Å²) in [4.78, 5) is 6.73. The summed E-state index contributed by atoms with van der Waals surface area (Å²) in [5.41, 5.74) is 0.422. The fraction of sp³-hybridized carbons (Fsp3) is 0.583. The summed E-state index contributed by atoms with van der Waals surface area (Å²) in [6.45, 7) is 9.20. The molecule has 1 aromatic heterocycles. The molecule has 15 heavy (non-hydrogen) atoms. The third kappa shape index (κ3) is 2.33. The highest BCUT2D eigenvalue weighted by Crippen LogP contribution is 2.35. The van der Waals surface area contributed by atoms with Gasteiger partial charge in [0.15, 0.2) is 0 Å². The molecular formula is C12H17BrN2. The molecule has 0 amide bonds. The van der Waals surface area contributed by atoms with E-state index in [9.17, 15) is 0 Å². The first-order valence-electron chi connectivity index (χ1n) is 5.33. The van der Waals surface area contributed by atoms with Crippen LogP contribution < -0.4 is 4.90 Å². The Bertz CT molecular complexity index is 334. The minimum atomic E-state index is 0.422. The molecule has 0 aliphatic carbocycles. The molecule has 2 nitrogen and oxygen atoms in total. The van der Waals surface area contributed by atoms with Crippen LogP contribution in [0.3, 0.4) is 0 Å². The van der Waals surface area contributed by atoms with Gasteiger partial charge in [0.25, 0.3) is 0 Å². The topological polar surface area (TPSA) is 16.1 Å². The zero-order valence-corrected chi connectivity index (χ0v) is 11.1. The lowest BCUT2D eigenvalue weighted by atomic mass is 9.76. The van der Waals surface area contributed by atoms with Crippen molar-refractivity contribution >= 4 is 21.7 Å². The van der Waals surface area contributed by atoms with E-state index in [0.29, 0.717) is 5.41 Å². The van der Waals surface area contributed by atoms with Gasteiger partial charge in [-0.15, -0.1) is 0 Å². The summed E-state index contributed by atoms with van der Waals surface area (Å²) < 4.78 is 1.04. The third-order valence-electron chi connectivity index (χ3n) is 3.14. The van der Waals surface area contributed by atoms with Gasteiger partial charge in [-0.05, 0) is 39.4 Å². The summed E-state index contributed by atoms with van der Waals surface area (Å²) in [6, 6.07) is 4.12. The van der Waals surface area contributed by atoms with Crippen molar-refractivity contribution in [1.29, 1.82) is 0 Å². The largest absolute Gasteiger partial charge is 0.356 e. The molecule has 2 heterocycles. The molecule has 0 saturated carbocycles. The van der Waals surface area contributed by atoms with E-state index in [1.54, 1.807) is 0 Å².